The molecule has 5 heteroatoms. The Morgan fingerprint density at radius 1 is 0.923 bits per heavy atom. The smallest absolute Gasteiger partial charge is 0.321 e. The third-order valence-corrected chi connectivity index (χ3v) is 4.66. The fourth-order valence-electron chi connectivity index (χ4n) is 3.34. The summed E-state index contributed by atoms with van der Waals surface area (Å²) in [6.45, 7) is 8.44. The zero-order chi connectivity index (χ0) is 18.7. The van der Waals surface area contributed by atoms with Crippen LogP contribution in [0.3, 0.4) is 0 Å². The number of urea groups is 1. The number of nitrogens with zero attached hydrogens (tertiary/aromatic N) is 2. The molecule has 0 aromatic heterocycles. The first-order valence-corrected chi connectivity index (χ1v) is 8.92. The molecule has 0 unspecified atom stereocenters. The van der Waals surface area contributed by atoms with Gasteiger partial charge in [0.25, 0.3) is 0 Å². The summed E-state index contributed by atoms with van der Waals surface area (Å²) in [6, 6.07) is 13.7. The van der Waals surface area contributed by atoms with Gasteiger partial charge in [-0.25, -0.2) is 4.79 Å². The molecule has 3 rings (SSSR count). The topological polar surface area (TPSA) is 52.7 Å². The van der Waals surface area contributed by atoms with Crippen molar-refractivity contribution in [1.82, 2.24) is 4.90 Å². The molecule has 0 radical (unpaired) electrons. The highest BCUT2D eigenvalue weighted by Crippen LogP contribution is 2.19. The van der Waals surface area contributed by atoms with E-state index in [-0.39, 0.29) is 11.8 Å². The average molecular weight is 351 g/mol. The van der Waals surface area contributed by atoms with Crippen molar-refractivity contribution in [2.75, 3.05) is 36.4 Å². The van der Waals surface area contributed by atoms with Gasteiger partial charge in [-0.15, -0.1) is 0 Å². The molecule has 1 fully saturated rings. The van der Waals surface area contributed by atoms with Crippen LogP contribution in [0.4, 0.5) is 16.2 Å². The highest BCUT2D eigenvalue weighted by atomic mass is 16.2. The summed E-state index contributed by atoms with van der Waals surface area (Å²) in [5.41, 5.74) is 4.86. The molecule has 0 bridgehead atoms. The lowest BCUT2D eigenvalue weighted by Gasteiger charge is -2.36. The summed E-state index contributed by atoms with van der Waals surface area (Å²) in [5, 5.41) is 3.00. The Hall–Kier alpha value is -2.82. The van der Waals surface area contributed by atoms with Crippen LogP contribution < -0.4 is 10.2 Å². The fraction of sp³-hybridized carbons (Fsp3) is 0.333. The number of anilines is 2. The summed E-state index contributed by atoms with van der Waals surface area (Å²) in [7, 11) is 0. The number of aryl methyl sites for hydroxylation is 2. The van der Waals surface area contributed by atoms with E-state index in [4.69, 9.17) is 0 Å². The summed E-state index contributed by atoms with van der Waals surface area (Å²) >= 11 is 0. The maximum Gasteiger partial charge on any atom is 0.321 e. The maximum absolute atomic E-state index is 12.5. The van der Waals surface area contributed by atoms with Gasteiger partial charge in [0.05, 0.1) is 0 Å². The van der Waals surface area contributed by atoms with Gasteiger partial charge < -0.3 is 15.1 Å². The lowest BCUT2D eigenvalue weighted by atomic mass is 10.1. The average Bonchev–Trinajstić information content (AvgIpc) is 2.61. The largest absolute Gasteiger partial charge is 0.368 e. The molecule has 1 N–H and O–H groups in total. The molecular formula is C21H25N3O2. The van der Waals surface area contributed by atoms with E-state index in [1.807, 2.05) is 55.1 Å². The molecule has 0 aliphatic carbocycles. The second-order valence-electron chi connectivity index (χ2n) is 6.89. The van der Waals surface area contributed by atoms with Crippen LogP contribution in [0.1, 0.15) is 28.4 Å². The van der Waals surface area contributed by atoms with Crippen LogP contribution in [0.2, 0.25) is 0 Å². The minimum Gasteiger partial charge on any atom is -0.368 e. The Labute approximate surface area is 154 Å². The molecule has 0 saturated carbocycles. The van der Waals surface area contributed by atoms with E-state index in [1.54, 1.807) is 6.92 Å². The monoisotopic (exact) mass is 351 g/mol. The van der Waals surface area contributed by atoms with Gasteiger partial charge in [-0.3, -0.25) is 4.79 Å². The van der Waals surface area contributed by atoms with Gasteiger partial charge in [0, 0.05) is 43.1 Å². The highest BCUT2D eigenvalue weighted by Gasteiger charge is 2.21. The molecule has 1 aliphatic rings. The number of ketones is 1. The van der Waals surface area contributed by atoms with E-state index >= 15 is 0 Å². The van der Waals surface area contributed by atoms with Crippen molar-refractivity contribution < 1.29 is 9.59 Å². The van der Waals surface area contributed by atoms with E-state index in [2.05, 4.69) is 16.3 Å². The molecule has 2 aromatic carbocycles. The number of rotatable bonds is 3. The summed E-state index contributed by atoms with van der Waals surface area (Å²) in [6.07, 6.45) is 0. The molecule has 1 saturated heterocycles. The van der Waals surface area contributed by atoms with Gasteiger partial charge in [-0.1, -0.05) is 18.2 Å². The number of piperazine rings is 1. The molecule has 2 aromatic rings. The van der Waals surface area contributed by atoms with Crippen LogP contribution >= 0.6 is 0 Å². The van der Waals surface area contributed by atoms with E-state index in [0.29, 0.717) is 13.1 Å². The molecule has 5 nitrogen and oxygen atoms in total. The molecule has 0 spiro atoms. The predicted octanol–water partition coefficient (Wildman–Crippen LogP) is 3.86. The van der Waals surface area contributed by atoms with Gasteiger partial charge >= 0.3 is 6.03 Å². The normalized spacial score (nSPS) is 14.3. The van der Waals surface area contributed by atoms with Crippen LogP contribution in [-0.2, 0) is 0 Å². The lowest BCUT2D eigenvalue weighted by molar-refractivity contribution is 0.101. The Bertz CT molecular complexity index is 804. The van der Waals surface area contributed by atoms with Gasteiger partial charge in [0.1, 0.15) is 0 Å². The van der Waals surface area contributed by atoms with Crippen molar-refractivity contribution in [2.24, 2.45) is 0 Å². The van der Waals surface area contributed by atoms with E-state index < -0.39 is 0 Å². The Balaban J connectivity index is 1.60. The third kappa shape index (κ3) is 4.23. The van der Waals surface area contributed by atoms with Gasteiger partial charge in [-0.05, 0) is 56.2 Å². The first-order valence-electron chi connectivity index (χ1n) is 8.92. The molecular weight excluding hydrogens is 326 g/mol. The number of hydrogen-bond acceptors (Lipinski definition) is 3. The van der Waals surface area contributed by atoms with Crippen molar-refractivity contribution in [3.63, 3.8) is 0 Å². The standard InChI is InChI=1S/C21H25N3O2/c1-15-11-16(2)13-19(12-15)22-21(26)24-9-7-23(8-10-24)20-6-4-5-18(14-20)17(3)25/h4-6,11-14H,7-10H2,1-3H3,(H,22,26). The van der Waals surface area contributed by atoms with E-state index in [0.717, 1.165) is 41.2 Å². The molecule has 136 valence electrons. The number of hydrogen-bond donors (Lipinski definition) is 1. The summed E-state index contributed by atoms with van der Waals surface area (Å²) in [5.74, 6) is 0.0679. The second kappa shape index (κ2) is 7.60. The zero-order valence-electron chi connectivity index (χ0n) is 15.6. The first-order chi connectivity index (χ1) is 12.4. The number of Topliss-reactive ketones (excluding diaryl/α,β-unsaturated/α-hetero) is 1. The van der Waals surface area contributed by atoms with Crippen LogP contribution in [0.25, 0.3) is 0 Å². The number of benzene rings is 2. The number of carbonyl (C=O) groups excluding carboxylic acids is 2. The molecule has 1 heterocycles. The Morgan fingerprint density at radius 2 is 1.58 bits per heavy atom. The molecule has 2 amide bonds. The Morgan fingerprint density at radius 3 is 2.19 bits per heavy atom. The van der Waals surface area contributed by atoms with Gasteiger partial charge in [-0.2, -0.15) is 0 Å². The molecule has 1 aliphatic heterocycles. The van der Waals surface area contributed by atoms with Crippen LogP contribution in [0, 0.1) is 13.8 Å². The minimum absolute atomic E-state index is 0.0628. The summed E-state index contributed by atoms with van der Waals surface area (Å²) in [4.78, 5) is 28.1. The van der Waals surface area contributed by atoms with Crippen molar-refractivity contribution in [2.45, 2.75) is 20.8 Å². The van der Waals surface area contributed by atoms with Crippen molar-refractivity contribution in [1.29, 1.82) is 0 Å². The van der Waals surface area contributed by atoms with Gasteiger partial charge in [0.15, 0.2) is 5.78 Å². The number of nitrogens with one attached hydrogen (secondary N) is 1. The minimum atomic E-state index is -0.0628. The number of carbonyl (C=O) groups is 2. The quantitative estimate of drug-likeness (QED) is 0.855. The van der Waals surface area contributed by atoms with E-state index in [9.17, 15) is 9.59 Å². The van der Waals surface area contributed by atoms with E-state index in [1.165, 1.54) is 0 Å². The third-order valence-electron chi connectivity index (χ3n) is 4.66. The maximum atomic E-state index is 12.5. The van der Waals surface area contributed by atoms with Crippen LogP contribution in [0.15, 0.2) is 42.5 Å². The highest BCUT2D eigenvalue weighted by molar-refractivity contribution is 5.95. The fourth-order valence-corrected chi connectivity index (χ4v) is 3.34. The number of amides is 2. The summed E-state index contributed by atoms with van der Waals surface area (Å²) < 4.78 is 0. The SMILES string of the molecule is CC(=O)c1cccc(N2CCN(C(=O)Nc3cc(C)cc(C)c3)CC2)c1. The van der Waals surface area contributed by atoms with Crippen molar-refractivity contribution in [3.05, 3.63) is 59.2 Å². The lowest BCUT2D eigenvalue weighted by Crippen LogP contribution is -2.50. The predicted molar refractivity (Wildman–Crippen MR) is 105 cm³/mol. The van der Waals surface area contributed by atoms with Crippen LogP contribution in [-0.4, -0.2) is 42.9 Å². The second-order valence-corrected chi connectivity index (χ2v) is 6.89. The van der Waals surface area contributed by atoms with Crippen molar-refractivity contribution >= 4 is 23.2 Å². The van der Waals surface area contributed by atoms with Gasteiger partial charge in [0.2, 0.25) is 0 Å². The molecule has 0 atom stereocenters. The zero-order valence-corrected chi connectivity index (χ0v) is 15.6. The van der Waals surface area contributed by atoms with Crippen LogP contribution in [0.5, 0.6) is 0 Å². The van der Waals surface area contributed by atoms with Crippen molar-refractivity contribution in [3.8, 4) is 0 Å². The molecule has 26 heavy (non-hydrogen) atoms. The first kappa shape index (κ1) is 18.0. The Kier molecular flexibility index (Phi) is 5.26.